The molecule has 2 heterocycles. The normalized spacial score (nSPS) is 23.8. The zero-order chi connectivity index (χ0) is 12.3. The molecule has 1 aliphatic heterocycles. The Morgan fingerprint density at radius 2 is 2.00 bits per heavy atom. The van der Waals surface area contributed by atoms with E-state index >= 15 is 0 Å². The number of nitrogens with zero attached hydrogens (tertiary/aromatic N) is 2. The number of hydrogen-bond donors (Lipinski definition) is 0. The van der Waals surface area contributed by atoms with Gasteiger partial charge in [-0.2, -0.15) is 4.98 Å². The molecule has 0 bridgehead atoms. The Kier molecular flexibility index (Phi) is 1.90. The Bertz CT molecular complexity index is 579. The quantitative estimate of drug-likeness (QED) is 0.694. The minimum absolute atomic E-state index is 0.0921. The van der Waals surface area contributed by atoms with Crippen molar-refractivity contribution < 1.29 is 4.74 Å². The molecule has 1 aliphatic rings. The van der Waals surface area contributed by atoms with Crippen molar-refractivity contribution in [3.8, 4) is 6.01 Å². The Hall–Kier alpha value is -1.51. The highest BCUT2D eigenvalue weighted by Crippen LogP contribution is 2.42. The van der Waals surface area contributed by atoms with E-state index in [1.54, 1.807) is 0 Å². The molecule has 0 N–H and O–H groups in total. The van der Waals surface area contributed by atoms with Crippen LogP contribution in [0.3, 0.4) is 0 Å². The Morgan fingerprint density at radius 1 is 1.29 bits per heavy atom. The molecule has 0 saturated carbocycles. The SMILES string of the molecule is CC(C)(C)C1(C)Cn2c(nc3ccccc32)O1. The van der Waals surface area contributed by atoms with Gasteiger partial charge in [-0.25, -0.2) is 0 Å². The fourth-order valence-electron chi connectivity index (χ4n) is 2.21. The topological polar surface area (TPSA) is 27.1 Å². The summed E-state index contributed by atoms with van der Waals surface area (Å²) >= 11 is 0. The van der Waals surface area contributed by atoms with E-state index in [1.165, 1.54) is 0 Å². The average Bonchev–Trinajstić information content (AvgIpc) is 2.71. The van der Waals surface area contributed by atoms with E-state index in [9.17, 15) is 0 Å². The Balaban J connectivity index is 2.11. The summed E-state index contributed by atoms with van der Waals surface area (Å²) in [5.74, 6) is 0. The molecule has 0 amide bonds. The van der Waals surface area contributed by atoms with Gasteiger partial charge in [0, 0.05) is 5.41 Å². The molecule has 1 atom stereocenters. The largest absolute Gasteiger partial charge is 0.456 e. The summed E-state index contributed by atoms with van der Waals surface area (Å²) in [6, 6.07) is 8.93. The van der Waals surface area contributed by atoms with Crippen molar-refractivity contribution in [2.24, 2.45) is 5.41 Å². The van der Waals surface area contributed by atoms with E-state index in [4.69, 9.17) is 4.74 Å². The lowest BCUT2D eigenvalue weighted by Gasteiger charge is -2.36. The summed E-state index contributed by atoms with van der Waals surface area (Å²) in [6.45, 7) is 9.66. The highest BCUT2D eigenvalue weighted by Gasteiger charge is 2.46. The minimum atomic E-state index is -0.181. The van der Waals surface area contributed by atoms with Crippen LogP contribution in [0.25, 0.3) is 11.0 Å². The number of imidazole rings is 1. The maximum atomic E-state index is 6.10. The molecule has 0 radical (unpaired) electrons. The smallest absolute Gasteiger partial charge is 0.298 e. The molecule has 1 unspecified atom stereocenters. The fourth-order valence-corrected chi connectivity index (χ4v) is 2.21. The van der Waals surface area contributed by atoms with E-state index in [2.05, 4.69) is 43.3 Å². The molecule has 2 aromatic rings. The van der Waals surface area contributed by atoms with Crippen LogP contribution in [0.1, 0.15) is 27.7 Å². The fraction of sp³-hybridized carbons (Fsp3) is 0.500. The van der Waals surface area contributed by atoms with Gasteiger partial charge in [-0.15, -0.1) is 0 Å². The van der Waals surface area contributed by atoms with Crippen LogP contribution >= 0.6 is 0 Å². The zero-order valence-corrected chi connectivity index (χ0v) is 10.8. The predicted octanol–water partition coefficient (Wildman–Crippen LogP) is 3.23. The first-order chi connectivity index (χ1) is 7.91. The van der Waals surface area contributed by atoms with Crippen molar-refractivity contribution in [1.82, 2.24) is 9.55 Å². The molecular formula is C14H18N2O. The van der Waals surface area contributed by atoms with Gasteiger partial charge in [-0.05, 0) is 19.1 Å². The molecule has 17 heavy (non-hydrogen) atoms. The standard InChI is InChI=1S/C14H18N2O/c1-13(2,3)14(4)9-16-11-8-6-5-7-10(11)15-12(16)17-14/h5-8H,9H2,1-4H3. The lowest BCUT2D eigenvalue weighted by molar-refractivity contribution is -0.00142. The van der Waals surface area contributed by atoms with Gasteiger partial charge in [0.25, 0.3) is 6.01 Å². The average molecular weight is 230 g/mol. The Morgan fingerprint density at radius 3 is 2.71 bits per heavy atom. The first-order valence-electron chi connectivity index (χ1n) is 6.05. The van der Waals surface area contributed by atoms with Crippen molar-refractivity contribution in [3.63, 3.8) is 0 Å². The van der Waals surface area contributed by atoms with Crippen LogP contribution in [0.5, 0.6) is 6.01 Å². The number of para-hydroxylation sites is 2. The van der Waals surface area contributed by atoms with E-state index in [1.807, 2.05) is 18.2 Å². The molecule has 1 aromatic heterocycles. The zero-order valence-electron chi connectivity index (χ0n) is 10.8. The monoisotopic (exact) mass is 230 g/mol. The third-order valence-corrected chi connectivity index (χ3v) is 3.98. The highest BCUT2D eigenvalue weighted by molar-refractivity contribution is 5.77. The van der Waals surface area contributed by atoms with Crippen molar-refractivity contribution in [2.45, 2.75) is 39.8 Å². The third kappa shape index (κ3) is 1.38. The second-order valence-electron chi connectivity index (χ2n) is 6.05. The minimum Gasteiger partial charge on any atom is -0.456 e. The van der Waals surface area contributed by atoms with Crippen LogP contribution in [-0.2, 0) is 6.54 Å². The molecule has 90 valence electrons. The summed E-state index contributed by atoms with van der Waals surface area (Å²) in [7, 11) is 0. The molecular weight excluding hydrogens is 212 g/mol. The lowest BCUT2D eigenvalue weighted by Crippen LogP contribution is -2.44. The van der Waals surface area contributed by atoms with Crippen LogP contribution in [0.2, 0.25) is 0 Å². The van der Waals surface area contributed by atoms with Crippen LogP contribution in [0, 0.1) is 5.41 Å². The first-order valence-corrected chi connectivity index (χ1v) is 6.05. The summed E-state index contributed by atoms with van der Waals surface area (Å²) < 4.78 is 8.28. The lowest BCUT2D eigenvalue weighted by atomic mass is 9.78. The van der Waals surface area contributed by atoms with Crippen molar-refractivity contribution in [2.75, 3.05) is 0 Å². The third-order valence-electron chi connectivity index (χ3n) is 3.98. The van der Waals surface area contributed by atoms with Gasteiger partial charge in [-0.3, -0.25) is 4.57 Å². The van der Waals surface area contributed by atoms with Gasteiger partial charge in [0.1, 0.15) is 5.60 Å². The van der Waals surface area contributed by atoms with Crippen molar-refractivity contribution >= 4 is 11.0 Å². The molecule has 0 saturated heterocycles. The number of aromatic nitrogens is 2. The summed E-state index contributed by atoms with van der Waals surface area (Å²) in [6.07, 6.45) is 0. The summed E-state index contributed by atoms with van der Waals surface area (Å²) in [4.78, 5) is 4.54. The van der Waals surface area contributed by atoms with Gasteiger partial charge in [-0.1, -0.05) is 32.9 Å². The van der Waals surface area contributed by atoms with Gasteiger partial charge < -0.3 is 4.74 Å². The molecule has 3 nitrogen and oxygen atoms in total. The molecule has 1 aromatic carbocycles. The van der Waals surface area contributed by atoms with Gasteiger partial charge in [0.2, 0.25) is 0 Å². The summed E-state index contributed by atoms with van der Waals surface area (Å²) in [5, 5.41) is 0. The molecule has 3 heteroatoms. The maximum absolute atomic E-state index is 6.10. The second kappa shape index (κ2) is 3.03. The number of ether oxygens (including phenoxy) is 1. The number of hydrogen-bond acceptors (Lipinski definition) is 2. The van der Waals surface area contributed by atoms with E-state index in [0.717, 1.165) is 23.6 Å². The molecule has 0 aliphatic carbocycles. The first kappa shape index (κ1) is 10.6. The van der Waals surface area contributed by atoms with Crippen LogP contribution in [-0.4, -0.2) is 15.2 Å². The number of fused-ring (bicyclic) bond motifs is 3. The highest BCUT2D eigenvalue weighted by atomic mass is 16.5. The van der Waals surface area contributed by atoms with E-state index < -0.39 is 0 Å². The van der Waals surface area contributed by atoms with Gasteiger partial charge in [0.15, 0.2) is 0 Å². The van der Waals surface area contributed by atoms with Gasteiger partial charge >= 0.3 is 0 Å². The van der Waals surface area contributed by atoms with Gasteiger partial charge in [0.05, 0.1) is 17.6 Å². The number of benzene rings is 1. The van der Waals surface area contributed by atoms with Crippen LogP contribution in [0.15, 0.2) is 24.3 Å². The van der Waals surface area contributed by atoms with E-state index in [-0.39, 0.29) is 11.0 Å². The second-order valence-corrected chi connectivity index (χ2v) is 6.05. The molecule has 0 fully saturated rings. The predicted molar refractivity (Wildman–Crippen MR) is 68.2 cm³/mol. The van der Waals surface area contributed by atoms with Crippen LogP contribution in [0.4, 0.5) is 0 Å². The van der Waals surface area contributed by atoms with Crippen molar-refractivity contribution in [3.05, 3.63) is 24.3 Å². The number of rotatable bonds is 0. The van der Waals surface area contributed by atoms with Crippen LogP contribution < -0.4 is 4.74 Å². The van der Waals surface area contributed by atoms with Crippen molar-refractivity contribution in [1.29, 1.82) is 0 Å². The summed E-state index contributed by atoms with van der Waals surface area (Å²) in [5.41, 5.74) is 2.09. The van der Waals surface area contributed by atoms with E-state index in [0.29, 0.717) is 0 Å². The maximum Gasteiger partial charge on any atom is 0.298 e. The molecule has 0 spiro atoms. The Labute approximate surface area is 101 Å². The molecule has 3 rings (SSSR count).